The van der Waals surface area contributed by atoms with E-state index in [0.29, 0.717) is 9.90 Å². The molecule has 0 bridgehead atoms. The number of fused-ring (bicyclic) bond motifs is 1. The summed E-state index contributed by atoms with van der Waals surface area (Å²) in [6, 6.07) is 8.02. The van der Waals surface area contributed by atoms with E-state index in [9.17, 15) is 0 Å². The van der Waals surface area contributed by atoms with E-state index in [2.05, 4.69) is 21.8 Å². The van der Waals surface area contributed by atoms with Gasteiger partial charge in [0.25, 0.3) is 0 Å². The second kappa shape index (κ2) is 6.41. The van der Waals surface area contributed by atoms with Crippen molar-refractivity contribution in [3.05, 3.63) is 29.4 Å². The van der Waals surface area contributed by atoms with E-state index in [4.69, 9.17) is 11.6 Å². The average Bonchev–Trinajstić information content (AvgIpc) is 2.55. The summed E-state index contributed by atoms with van der Waals surface area (Å²) in [5.74, 6) is 0.842. The average molecular weight is 322 g/mol. The van der Waals surface area contributed by atoms with Crippen LogP contribution in [0, 0.1) is 0 Å². The number of anilines is 1. The van der Waals surface area contributed by atoms with Crippen LogP contribution in [0.4, 0.5) is 5.82 Å². The molecule has 112 valence electrons. The van der Waals surface area contributed by atoms with Gasteiger partial charge in [-0.25, -0.2) is 0 Å². The topological polar surface area (TPSA) is 37.8 Å². The fourth-order valence-electron chi connectivity index (χ4n) is 3.10. The Morgan fingerprint density at radius 2 is 1.86 bits per heavy atom. The molecule has 0 spiro atoms. The molecule has 1 aromatic heterocycles. The van der Waals surface area contributed by atoms with Crippen LogP contribution in [0.5, 0.6) is 0 Å². The fourth-order valence-corrected chi connectivity index (χ4v) is 4.21. The van der Waals surface area contributed by atoms with Crippen molar-refractivity contribution >= 4 is 40.0 Å². The minimum atomic E-state index is 0.334. The first-order chi connectivity index (χ1) is 10.2. The Morgan fingerprint density at radius 3 is 2.57 bits per heavy atom. The molecule has 0 atom stereocenters. The zero-order chi connectivity index (χ0) is 14.7. The number of nitrogens with zero attached hydrogens (tertiary/aromatic N) is 2. The molecular formula is C16H20ClN3S. The first-order valence-electron chi connectivity index (χ1n) is 7.44. The first-order valence-corrected chi connectivity index (χ1v) is 9.04. The van der Waals surface area contributed by atoms with Crippen LogP contribution < -0.4 is 5.32 Å². The molecule has 1 aliphatic carbocycles. The van der Waals surface area contributed by atoms with Crippen molar-refractivity contribution < 1.29 is 0 Å². The van der Waals surface area contributed by atoms with E-state index >= 15 is 0 Å². The molecule has 1 aromatic carbocycles. The molecule has 0 aliphatic heterocycles. The van der Waals surface area contributed by atoms with Gasteiger partial charge >= 0.3 is 0 Å². The Bertz CT molecular complexity index is 626. The van der Waals surface area contributed by atoms with Crippen molar-refractivity contribution in [3.63, 3.8) is 0 Å². The van der Waals surface area contributed by atoms with E-state index in [0.717, 1.165) is 23.1 Å². The number of hydrogen-bond acceptors (Lipinski definition) is 4. The van der Waals surface area contributed by atoms with Crippen LogP contribution in [-0.4, -0.2) is 27.7 Å². The lowest BCUT2D eigenvalue weighted by atomic mass is 9.88. The van der Waals surface area contributed by atoms with E-state index in [1.807, 2.05) is 36.0 Å². The third-order valence-electron chi connectivity index (χ3n) is 4.42. The van der Waals surface area contributed by atoms with Crippen molar-refractivity contribution in [2.45, 2.75) is 36.9 Å². The number of aromatic nitrogens is 2. The molecule has 1 heterocycles. The number of nitrogens with one attached hydrogen (secondary N) is 1. The standard InChI is InChI=1S/C16H20ClN3S/c1-21-16(9-5-2-6-10-16)11-18-15-13-8-4-3-7-12(13)14(17)19-20-15/h3-4,7-8H,2,5-6,9-11H2,1H3,(H,18,20). The maximum atomic E-state index is 6.13. The number of halogens is 1. The van der Waals surface area contributed by atoms with Crippen LogP contribution in [0.25, 0.3) is 10.8 Å². The molecule has 21 heavy (non-hydrogen) atoms. The lowest BCUT2D eigenvalue weighted by molar-refractivity contribution is 0.411. The molecular weight excluding hydrogens is 302 g/mol. The van der Waals surface area contributed by atoms with Gasteiger partial charge in [-0.1, -0.05) is 55.1 Å². The lowest BCUT2D eigenvalue weighted by Crippen LogP contribution is -2.35. The summed E-state index contributed by atoms with van der Waals surface area (Å²) in [4.78, 5) is 0. The number of rotatable bonds is 4. The highest BCUT2D eigenvalue weighted by molar-refractivity contribution is 8.00. The van der Waals surface area contributed by atoms with Crippen LogP contribution in [-0.2, 0) is 0 Å². The summed E-state index contributed by atoms with van der Waals surface area (Å²) >= 11 is 8.11. The SMILES string of the molecule is CSC1(CNc2nnc(Cl)c3ccccc23)CCCCC1. The third-order valence-corrected chi connectivity index (χ3v) is 6.12. The predicted octanol–water partition coefficient (Wildman–Crippen LogP) is 4.76. The van der Waals surface area contributed by atoms with Gasteiger partial charge < -0.3 is 5.32 Å². The van der Waals surface area contributed by atoms with E-state index in [-0.39, 0.29) is 0 Å². The number of hydrogen-bond donors (Lipinski definition) is 1. The van der Waals surface area contributed by atoms with Crippen LogP contribution in [0.3, 0.4) is 0 Å². The Balaban J connectivity index is 1.83. The summed E-state index contributed by atoms with van der Waals surface area (Å²) in [5.41, 5.74) is 0. The van der Waals surface area contributed by atoms with Crippen LogP contribution in [0.15, 0.2) is 24.3 Å². The van der Waals surface area contributed by atoms with Crippen molar-refractivity contribution in [2.24, 2.45) is 0 Å². The maximum absolute atomic E-state index is 6.13. The molecule has 0 saturated heterocycles. The molecule has 3 rings (SSSR count). The Kier molecular flexibility index (Phi) is 4.55. The second-order valence-electron chi connectivity index (χ2n) is 5.69. The van der Waals surface area contributed by atoms with Gasteiger partial charge in [-0.3, -0.25) is 0 Å². The molecule has 5 heteroatoms. The molecule has 0 unspecified atom stereocenters. The summed E-state index contributed by atoms with van der Waals surface area (Å²) in [5, 5.41) is 14.3. The van der Waals surface area contributed by atoms with Crippen LogP contribution >= 0.6 is 23.4 Å². The summed E-state index contributed by atoms with van der Waals surface area (Å²) in [7, 11) is 0. The predicted molar refractivity (Wildman–Crippen MR) is 92.4 cm³/mol. The second-order valence-corrected chi connectivity index (χ2v) is 7.32. The van der Waals surface area contributed by atoms with Gasteiger partial charge in [0.2, 0.25) is 0 Å². The maximum Gasteiger partial charge on any atom is 0.159 e. The molecule has 2 aromatic rings. The molecule has 1 fully saturated rings. The van der Waals surface area contributed by atoms with Gasteiger partial charge in [0.1, 0.15) is 0 Å². The van der Waals surface area contributed by atoms with Crippen molar-refractivity contribution in [2.75, 3.05) is 18.1 Å². The van der Waals surface area contributed by atoms with Gasteiger partial charge in [0, 0.05) is 22.1 Å². The highest BCUT2D eigenvalue weighted by Gasteiger charge is 2.31. The Labute approximate surface area is 134 Å². The van der Waals surface area contributed by atoms with Crippen LogP contribution in [0.1, 0.15) is 32.1 Å². The van der Waals surface area contributed by atoms with Gasteiger partial charge in [-0.2, -0.15) is 11.8 Å². The van der Waals surface area contributed by atoms with Crippen LogP contribution in [0.2, 0.25) is 5.15 Å². The van der Waals surface area contributed by atoms with Gasteiger partial charge in [-0.15, -0.1) is 10.2 Å². The molecule has 0 radical (unpaired) electrons. The number of benzene rings is 1. The van der Waals surface area contributed by atoms with E-state index in [1.165, 1.54) is 32.1 Å². The smallest absolute Gasteiger partial charge is 0.159 e. The largest absolute Gasteiger partial charge is 0.367 e. The summed E-state index contributed by atoms with van der Waals surface area (Å²) in [6.45, 7) is 0.939. The van der Waals surface area contributed by atoms with E-state index in [1.54, 1.807) is 0 Å². The Morgan fingerprint density at radius 1 is 1.14 bits per heavy atom. The lowest BCUT2D eigenvalue weighted by Gasteiger charge is -2.36. The zero-order valence-corrected chi connectivity index (χ0v) is 13.8. The fraction of sp³-hybridized carbons (Fsp3) is 0.500. The number of thioether (sulfide) groups is 1. The first kappa shape index (κ1) is 14.9. The molecule has 1 aliphatic rings. The minimum absolute atomic E-state index is 0.334. The molecule has 3 nitrogen and oxygen atoms in total. The highest BCUT2D eigenvalue weighted by atomic mass is 35.5. The quantitative estimate of drug-likeness (QED) is 0.881. The zero-order valence-electron chi connectivity index (χ0n) is 12.2. The summed E-state index contributed by atoms with van der Waals surface area (Å²) < 4.78 is 0.334. The van der Waals surface area contributed by atoms with Gasteiger partial charge in [-0.05, 0) is 19.1 Å². The third kappa shape index (κ3) is 3.11. The van der Waals surface area contributed by atoms with E-state index < -0.39 is 0 Å². The van der Waals surface area contributed by atoms with Gasteiger partial charge in [0.05, 0.1) is 0 Å². The highest BCUT2D eigenvalue weighted by Crippen LogP contribution is 2.39. The monoisotopic (exact) mass is 321 g/mol. The molecule has 1 saturated carbocycles. The Hall–Kier alpha value is -1.00. The molecule has 1 N–H and O–H groups in total. The normalized spacial score (nSPS) is 17.8. The molecule has 0 amide bonds. The van der Waals surface area contributed by atoms with Gasteiger partial charge in [0.15, 0.2) is 11.0 Å². The van der Waals surface area contributed by atoms with Crippen molar-refractivity contribution in [3.8, 4) is 0 Å². The minimum Gasteiger partial charge on any atom is -0.367 e. The van der Waals surface area contributed by atoms with Crippen molar-refractivity contribution in [1.29, 1.82) is 0 Å². The summed E-state index contributed by atoms with van der Waals surface area (Å²) in [6.07, 6.45) is 8.80. The van der Waals surface area contributed by atoms with Crippen molar-refractivity contribution in [1.82, 2.24) is 10.2 Å².